The second-order valence-corrected chi connectivity index (χ2v) is 6.70. The lowest BCUT2D eigenvalue weighted by atomic mass is 10.1. The number of nitrogens with one attached hydrogen (secondary N) is 1. The van der Waals surface area contributed by atoms with Gasteiger partial charge in [-0.15, -0.1) is 0 Å². The van der Waals surface area contributed by atoms with E-state index in [1.54, 1.807) is 18.2 Å². The minimum Gasteiger partial charge on any atom is -0.378 e. The topological polar surface area (TPSA) is 52.7 Å². The lowest BCUT2D eigenvalue weighted by molar-refractivity contribution is -0.128. The maximum Gasteiger partial charge on any atom is 0.229 e. The van der Waals surface area contributed by atoms with Crippen LogP contribution < -0.4 is 10.2 Å². The highest BCUT2D eigenvalue weighted by Crippen LogP contribution is 2.23. The molecule has 2 amide bonds. The second-order valence-electron chi connectivity index (χ2n) is 6.70. The van der Waals surface area contributed by atoms with Crippen molar-refractivity contribution in [2.75, 3.05) is 30.9 Å². The summed E-state index contributed by atoms with van der Waals surface area (Å²) in [6, 6.07) is 13.9. The van der Waals surface area contributed by atoms with Crippen molar-refractivity contribution in [1.29, 1.82) is 0 Å². The predicted molar refractivity (Wildman–Crippen MR) is 99.3 cm³/mol. The lowest BCUT2D eigenvalue weighted by Crippen LogP contribution is -2.28. The Kier molecular flexibility index (Phi) is 5.21. The molecular formula is C20H22FN3O2. The number of carbonyl (C=O) groups excluding carboxylic acids is 2. The molecule has 1 heterocycles. The summed E-state index contributed by atoms with van der Waals surface area (Å²) in [6.45, 7) is 0.488. The zero-order chi connectivity index (χ0) is 18.7. The predicted octanol–water partition coefficient (Wildman–Crippen LogP) is 2.88. The summed E-state index contributed by atoms with van der Waals surface area (Å²) in [7, 11) is 3.89. The van der Waals surface area contributed by atoms with Gasteiger partial charge in [0.05, 0.1) is 5.92 Å². The van der Waals surface area contributed by atoms with E-state index in [4.69, 9.17) is 0 Å². The Morgan fingerprint density at radius 3 is 2.54 bits per heavy atom. The highest BCUT2D eigenvalue weighted by Gasteiger charge is 2.34. The molecule has 0 bridgehead atoms. The molecule has 136 valence electrons. The molecule has 1 N–H and O–H groups in total. The third kappa shape index (κ3) is 4.02. The van der Waals surface area contributed by atoms with E-state index in [0.717, 1.165) is 5.69 Å². The highest BCUT2D eigenvalue weighted by molar-refractivity contribution is 5.97. The fourth-order valence-electron chi connectivity index (χ4n) is 3.02. The van der Waals surface area contributed by atoms with Gasteiger partial charge in [-0.1, -0.05) is 18.2 Å². The Balaban J connectivity index is 1.61. The van der Waals surface area contributed by atoms with Gasteiger partial charge in [-0.2, -0.15) is 0 Å². The molecule has 0 spiro atoms. The number of halogens is 1. The first kappa shape index (κ1) is 17.9. The minimum atomic E-state index is -0.428. The van der Waals surface area contributed by atoms with E-state index in [9.17, 15) is 14.0 Å². The molecule has 1 unspecified atom stereocenters. The molecule has 1 saturated heterocycles. The zero-order valence-electron chi connectivity index (χ0n) is 14.9. The quantitative estimate of drug-likeness (QED) is 0.897. The highest BCUT2D eigenvalue weighted by atomic mass is 19.1. The lowest BCUT2D eigenvalue weighted by Gasteiger charge is -2.17. The molecule has 2 aromatic rings. The zero-order valence-corrected chi connectivity index (χ0v) is 14.9. The van der Waals surface area contributed by atoms with E-state index < -0.39 is 5.92 Å². The van der Waals surface area contributed by atoms with Gasteiger partial charge >= 0.3 is 0 Å². The van der Waals surface area contributed by atoms with E-state index in [-0.39, 0.29) is 30.6 Å². The summed E-state index contributed by atoms with van der Waals surface area (Å²) in [5.74, 6) is -1.08. The smallest absolute Gasteiger partial charge is 0.229 e. The number of amides is 2. The van der Waals surface area contributed by atoms with Crippen LogP contribution in [0.25, 0.3) is 0 Å². The van der Waals surface area contributed by atoms with Crippen LogP contribution >= 0.6 is 0 Å². The van der Waals surface area contributed by atoms with Crippen LogP contribution in [-0.4, -0.2) is 37.4 Å². The Bertz CT molecular complexity index is 805. The summed E-state index contributed by atoms with van der Waals surface area (Å²) in [5, 5.41) is 2.86. The minimum absolute atomic E-state index is 0.128. The number of carbonyl (C=O) groups is 2. The van der Waals surface area contributed by atoms with Gasteiger partial charge in [-0.05, 0) is 30.3 Å². The van der Waals surface area contributed by atoms with E-state index in [1.165, 1.54) is 11.0 Å². The van der Waals surface area contributed by atoms with Gasteiger partial charge < -0.3 is 15.1 Å². The maximum atomic E-state index is 13.8. The monoisotopic (exact) mass is 355 g/mol. The average molecular weight is 355 g/mol. The van der Waals surface area contributed by atoms with Crippen LogP contribution in [0.3, 0.4) is 0 Å². The average Bonchev–Trinajstić information content (AvgIpc) is 2.98. The van der Waals surface area contributed by atoms with E-state index in [2.05, 4.69) is 5.32 Å². The van der Waals surface area contributed by atoms with Crippen LogP contribution in [0.2, 0.25) is 0 Å². The Hall–Kier alpha value is -2.89. The summed E-state index contributed by atoms with van der Waals surface area (Å²) in [4.78, 5) is 28.2. The first-order valence-corrected chi connectivity index (χ1v) is 8.53. The van der Waals surface area contributed by atoms with Gasteiger partial charge in [0.25, 0.3) is 0 Å². The van der Waals surface area contributed by atoms with Crippen molar-refractivity contribution in [3.8, 4) is 0 Å². The van der Waals surface area contributed by atoms with Gasteiger partial charge in [0.2, 0.25) is 11.8 Å². The normalized spacial score (nSPS) is 16.7. The van der Waals surface area contributed by atoms with Crippen LogP contribution in [0, 0.1) is 11.7 Å². The molecule has 6 heteroatoms. The van der Waals surface area contributed by atoms with Gasteiger partial charge in [0, 0.05) is 50.5 Å². The van der Waals surface area contributed by atoms with E-state index in [1.807, 2.05) is 43.3 Å². The van der Waals surface area contributed by atoms with Crippen molar-refractivity contribution < 1.29 is 14.0 Å². The summed E-state index contributed by atoms with van der Waals surface area (Å²) in [5.41, 5.74) is 2.19. The number of benzene rings is 2. The molecule has 0 saturated carbocycles. The Morgan fingerprint density at radius 1 is 1.19 bits per heavy atom. The number of hydrogen-bond donors (Lipinski definition) is 1. The summed E-state index contributed by atoms with van der Waals surface area (Å²) >= 11 is 0. The standard InChI is InChI=1S/C20H22FN3O2/c1-23(2)17-9-7-16(8-10-17)22-20(26)15-11-19(25)24(13-15)12-14-5-3-4-6-18(14)21/h3-10,15H,11-13H2,1-2H3,(H,22,26). The molecule has 2 aromatic carbocycles. The molecule has 1 atom stereocenters. The molecule has 0 radical (unpaired) electrons. The molecule has 3 rings (SSSR count). The van der Waals surface area contributed by atoms with Crippen molar-refractivity contribution >= 4 is 23.2 Å². The maximum absolute atomic E-state index is 13.8. The van der Waals surface area contributed by atoms with Gasteiger partial charge in [0.15, 0.2) is 0 Å². The van der Waals surface area contributed by atoms with Crippen molar-refractivity contribution in [3.05, 3.63) is 59.9 Å². The van der Waals surface area contributed by atoms with Gasteiger partial charge in [-0.25, -0.2) is 4.39 Å². The fraction of sp³-hybridized carbons (Fsp3) is 0.300. The third-order valence-electron chi connectivity index (χ3n) is 4.56. The Labute approximate surface area is 152 Å². The van der Waals surface area contributed by atoms with Crippen molar-refractivity contribution in [2.45, 2.75) is 13.0 Å². The number of rotatable bonds is 5. The first-order chi connectivity index (χ1) is 12.4. The summed E-state index contributed by atoms with van der Waals surface area (Å²) in [6.07, 6.45) is 0.149. The summed E-state index contributed by atoms with van der Waals surface area (Å²) < 4.78 is 13.8. The molecule has 0 aromatic heterocycles. The molecule has 26 heavy (non-hydrogen) atoms. The third-order valence-corrected chi connectivity index (χ3v) is 4.56. The number of nitrogens with zero attached hydrogens (tertiary/aromatic N) is 2. The molecule has 1 aliphatic heterocycles. The number of anilines is 2. The largest absolute Gasteiger partial charge is 0.378 e. The van der Waals surface area contributed by atoms with Crippen LogP contribution in [0.4, 0.5) is 15.8 Å². The molecule has 1 fully saturated rings. The van der Waals surface area contributed by atoms with Gasteiger partial charge in [0.1, 0.15) is 5.82 Å². The SMILES string of the molecule is CN(C)c1ccc(NC(=O)C2CC(=O)N(Cc3ccccc3F)C2)cc1. The fourth-order valence-corrected chi connectivity index (χ4v) is 3.02. The molecule has 0 aliphatic carbocycles. The molecule has 5 nitrogen and oxygen atoms in total. The molecule has 1 aliphatic rings. The van der Waals surface area contributed by atoms with Crippen molar-refractivity contribution in [2.24, 2.45) is 5.92 Å². The van der Waals surface area contributed by atoms with Crippen LogP contribution in [-0.2, 0) is 16.1 Å². The van der Waals surface area contributed by atoms with E-state index >= 15 is 0 Å². The number of likely N-dealkylation sites (tertiary alicyclic amines) is 1. The van der Waals surface area contributed by atoms with E-state index in [0.29, 0.717) is 17.8 Å². The Morgan fingerprint density at radius 2 is 1.88 bits per heavy atom. The van der Waals surface area contributed by atoms with Crippen molar-refractivity contribution in [1.82, 2.24) is 4.90 Å². The van der Waals surface area contributed by atoms with Crippen LogP contribution in [0.1, 0.15) is 12.0 Å². The molecular weight excluding hydrogens is 333 g/mol. The number of hydrogen-bond acceptors (Lipinski definition) is 3. The van der Waals surface area contributed by atoms with Crippen molar-refractivity contribution in [3.63, 3.8) is 0 Å². The second kappa shape index (κ2) is 7.56. The van der Waals surface area contributed by atoms with Gasteiger partial charge in [-0.3, -0.25) is 9.59 Å². The van der Waals surface area contributed by atoms with Crippen LogP contribution in [0.15, 0.2) is 48.5 Å². The first-order valence-electron chi connectivity index (χ1n) is 8.53. The van der Waals surface area contributed by atoms with Crippen LogP contribution in [0.5, 0.6) is 0 Å².